The number of hydrogen-bond acceptors (Lipinski definition) is 3. The number of nitrogens with one attached hydrogen (secondary N) is 2. The van der Waals surface area contributed by atoms with Gasteiger partial charge in [0, 0.05) is 13.6 Å². The molecule has 0 bridgehead atoms. The Kier molecular flexibility index (Phi) is 3.49. The van der Waals surface area contributed by atoms with Crippen LogP contribution in [0.2, 0.25) is 0 Å². The van der Waals surface area contributed by atoms with E-state index in [1.165, 1.54) is 0 Å². The summed E-state index contributed by atoms with van der Waals surface area (Å²) in [5.74, 6) is 0. The Bertz CT molecular complexity index is 401. The summed E-state index contributed by atoms with van der Waals surface area (Å²) in [6.45, 7) is 2.14. The van der Waals surface area contributed by atoms with Gasteiger partial charge in [-0.05, 0) is 12.1 Å². The van der Waals surface area contributed by atoms with Gasteiger partial charge in [0.25, 0.3) is 0 Å². The summed E-state index contributed by atoms with van der Waals surface area (Å²) in [4.78, 5) is 0.282. The van der Waals surface area contributed by atoms with E-state index in [9.17, 15) is 8.42 Å². The molecule has 0 unspecified atom stereocenters. The Hall–Kier alpha value is -1.07. The van der Waals surface area contributed by atoms with Gasteiger partial charge < -0.3 is 5.32 Å². The molecule has 0 fully saturated rings. The summed E-state index contributed by atoms with van der Waals surface area (Å²) in [7, 11) is -1.67. The summed E-state index contributed by atoms with van der Waals surface area (Å²) < 4.78 is 25.8. The maximum atomic E-state index is 11.7. The maximum absolute atomic E-state index is 11.7. The van der Waals surface area contributed by atoms with Crippen LogP contribution in [-0.4, -0.2) is 22.0 Å². The van der Waals surface area contributed by atoms with Gasteiger partial charge in [-0.3, -0.25) is 0 Å². The van der Waals surface area contributed by atoms with Crippen LogP contribution in [0.4, 0.5) is 5.69 Å². The van der Waals surface area contributed by atoms with Crippen molar-refractivity contribution >= 4 is 15.7 Å². The highest BCUT2D eigenvalue weighted by Gasteiger charge is 2.15. The molecule has 0 radical (unpaired) electrons. The first-order valence-corrected chi connectivity index (χ1v) is 5.86. The molecular formula is C9H14N2O2S. The normalized spacial score (nSPS) is 11.3. The molecule has 0 amide bonds. The van der Waals surface area contributed by atoms with E-state index in [-0.39, 0.29) is 4.90 Å². The quantitative estimate of drug-likeness (QED) is 0.787. The number of para-hydroxylation sites is 1. The number of benzene rings is 1. The van der Waals surface area contributed by atoms with Crippen LogP contribution >= 0.6 is 0 Å². The fourth-order valence-corrected chi connectivity index (χ4v) is 2.43. The second-order valence-electron chi connectivity index (χ2n) is 2.75. The largest absolute Gasteiger partial charge is 0.387 e. The lowest BCUT2D eigenvalue weighted by atomic mass is 10.3. The zero-order valence-electron chi connectivity index (χ0n) is 8.24. The van der Waals surface area contributed by atoms with Crippen LogP contribution in [-0.2, 0) is 10.0 Å². The van der Waals surface area contributed by atoms with Crippen molar-refractivity contribution < 1.29 is 8.42 Å². The third kappa shape index (κ3) is 2.24. The Morgan fingerprint density at radius 2 is 1.93 bits per heavy atom. The molecule has 2 N–H and O–H groups in total. The standard InChI is InChI=1S/C9H14N2O2S/c1-3-11-14(12,13)9-7-5-4-6-8(9)10-2/h4-7,10-11H,3H2,1-2H3. The van der Waals surface area contributed by atoms with Crippen LogP contribution in [0.15, 0.2) is 29.2 Å². The first-order valence-electron chi connectivity index (χ1n) is 4.38. The van der Waals surface area contributed by atoms with Crippen LogP contribution < -0.4 is 10.0 Å². The number of rotatable bonds is 4. The molecule has 14 heavy (non-hydrogen) atoms. The van der Waals surface area contributed by atoms with Gasteiger partial charge in [0.2, 0.25) is 10.0 Å². The SMILES string of the molecule is CCNS(=O)(=O)c1ccccc1NC. The molecule has 0 saturated heterocycles. The third-order valence-corrected chi connectivity index (χ3v) is 3.38. The molecule has 0 aliphatic heterocycles. The van der Waals surface area contributed by atoms with Gasteiger partial charge >= 0.3 is 0 Å². The number of sulfonamides is 1. The molecule has 0 heterocycles. The maximum Gasteiger partial charge on any atom is 0.242 e. The fraction of sp³-hybridized carbons (Fsp3) is 0.333. The lowest BCUT2D eigenvalue weighted by Crippen LogP contribution is -2.23. The minimum atomic E-state index is -3.37. The molecule has 0 atom stereocenters. The van der Waals surface area contributed by atoms with Crippen LogP contribution in [0.1, 0.15) is 6.92 Å². The Balaban J connectivity index is 3.18. The zero-order valence-corrected chi connectivity index (χ0v) is 9.06. The monoisotopic (exact) mass is 214 g/mol. The minimum Gasteiger partial charge on any atom is -0.387 e. The molecule has 0 aromatic heterocycles. The summed E-state index contributed by atoms with van der Waals surface area (Å²) in [5, 5.41) is 2.84. The molecular weight excluding hydrogens is 200 g/mol. The van der Waals surface area contributed by atoms with Crippen molar-refractivity contribution in [2.75, 3.05) is 18.9 Å². The van der Waals surface area contributed by atoms with Crippen molar-refractivity contribution in [2.45, 2.75) is 11.8 Å². The van der Waals surface area contributed by atoms with Crippen molar-refractivity contribution in [3.05, 3.63) is 24.3 Å². The second kappa shape index (κ2) is 4.43. The van der Waals surface area contributed by atoms with Crippen LogP contribution in [0, 0.1) is 0 Å². The molecule has 1 rings (SSSR count). The van der Waals surface area contributed by atoms with Crippen molar-refractivity contribution in [1.82, 2.24) is 4.72 Å². The fourth-order valence-electron chi connectivity index (χ4n) is 1.18. The van der Waals surface area contributed by atoms with Crippen LogP contribution in [0.3, 0.4) is 0 Å². The van der Waals surface area contributed by atoms with Crippen molar-refractivity contribution in [3.8, 4) is 0 Å². The number of anilines is 1. The average Bonchev–Trinajstić information content (AvgIpc) is 2.18. The topological polar surface area (TPSA) is 58.2 Å². The number of hydrogen-bond donors (Lipinski definition) is 2. The molecule has 1 aromatic carbocycles. The van der Waals surface area contributed by atoms with E-state index in [0.29, 0.717) is 12.2 Å². The van der Waals surface area contributed by atoms with Crippen molar-refractivity contribution in [1.29, 1.82) is 0 Å². The molecule has 4 nitrogen and oxygen atoms in total. The summed E-state index contributed by atoms with van der Waals surface area (Å²) in [6.07, 6.45) is 0. The summed E-state index contributed by atoms with van der Waals surface area (Å²) in [6, 6.07) is 6.79. The Morgan fingerprint density at radius 1 is 1.29 bits per heavy atom. The lowest BCUT2D eigenvalue weighted by Gasteiger charge is -2.09. The van der Waals surface area contributed by atoms with Gasteiger partial charge in [0.15, 0.2) is 0 Å². The first kappa shape index (κ1) is 11.0. The Morgan fingerprint density at radius 3 is 2.50 bits per heavy atom. The van der Waals surface area contributed by atoms with Gasteiger partial charge in [0.05, 0.1) is 5.69 Å². The highest BCUT2D eigenvalue weighted by atomic mass is 32.2. The first-order chi connectivity index (χ1) is 6.61. The summed E-state index contributed by atoms with van der Waals surface area (Å²) in [5.41, 5.74) is 0.605. The lowest BCUT2D eigenvalue weighted by molar-refractivity contribution is 0.584. The molecule has 0 saturated carbocycles. The minimum absolute atomic E-state index is 0.282. The predicted molar refractivity (Wildman–Crippen MR) is 56.9 cm³/mol. The van der Waals surface area contributed by atoms with Gasteiger partial charge in [-0.2, -0.15) is 0 Å². The predicted octanol–water partition coefficient (Wildman–Crippen LogP) is 1.03. The molecule has 0 aliphatic carbocycles. The van der Waals surface area contributed by atoms with E-state index >= 15 is 0 Å². The van der Waals surface area contributed by atoms with Crippen molar-refractivity contribution in [2.24, 2.45) is 0 Å². The van der Waals surface area contributed by atoms with Gasteiger partial charge in [0.1, 0.15) is 4.90 Å². The van der Waals surface area contributed by atoms with E-state index in [1.54, 1.807) is 38.2 Å². The molecule has 1 aromatic rings. The molecule has 0 aliphatic rings. The molecule has 5 heteroatoms. The van der Waals surface area contributed by atoms with Crippen LogP contribution in [0.25, 0.3) is 0 Å². The van der Waals surface area contributed by atoms with Gasteiger partial charge in [-0.1, -0.05) is 19.1 Å². The average molecular weight is 214 g/mol. The van der Waals surface area contributed by atoms with E-state index < -0.39 is 10.0 Å². The van der Waals surface area contributed by atoms with Crippen molar-refractivity contribution in [3.63, 3.8) is 0 Å². The Labute approximate surface area is 84.4 Å². The van der Waals surface area contributed by atoms with E-state index in [0.717, 1.165) is 0 Å². The highest BCUT2D eigenvalue weighted by Crippen LogP contribution is 2.19. The third-order valence-electron chi connectivity index (χ3n) is 1.78. The van der Waals surface area contributed by atoms with E-state index in [1.807, 2.05) is 0 Å². The molecule has 78 valence electrons. The van der Waals surface area contributed by atoms with Gasteiger partial charge in [-0.15, -0.1) is 0 Å². The van der Waals surface area contributed by atoms with Crippen LogP contribution in [0.5, 0.6) is 0 Å². The summed E-state index contributed by atoms with van der Waals surface area (Å²) >= 11 is 0. The van der Waals surface area contributed by atoms with Gasteiger partial charge in [-0.25, -0.2) is 13.1 Å². The molecule has 0 spiro atoms. The zero-order chi connectivity index (χ0) is 10.6. The smallest absolute Gasteiger partial charge is 0.242 e. The second-order valence-corrected chi connectivity index (χ2v) is 4.48. The van der Waals surface area contributed by atoms with E-state index in [4.69, 9.17) is 0 Å². The van der Waals surface area contributed by atoms with E-state index in [2.05, 4.69) is 10.0 Å². The highest BCUT2D eigenvalue weighted by molar-refractivity contribution is 7.89.